The summed E-state index contributed by atoms with van der Waals surface area (Å²) in [6.07, 6.45) is -3.32. The standard InChI is InChI=1S/C24H21F5N2O3/c1-5-12-8-14-17(10-30-12)31-16(9-18(14)32)22-19(11(2)23(3,34-22)24(27,28)29)13-6-7-15(25)20(26)21(13)33-4/h5-11,19,22H,1H2,2-4H3,(H,31,32)/t11-,19-,22-,23+/m0/s1. The van der Waals surface area contributed by atoms with Gasteiger partial charge in [0.05, 0.1) is 24.5 Å². The van der Waals surface area contributed by atoms with Gasteiger partial charge in [0.1, 0.15) is 6.10 Å². The van der Waals surface area contributed by atoms with Crippen molar-refractivity contribution in [3.63, 3.8) is 0 Å². The fourth-order valence-corrected chi connectivity index (χ4v) is 4.53. The number of halogens is 5. The van der Waals surface area contributed by atoms with Gasteiger partial charge in [-0.25, -0.2) is 4.39 Å². The summed E-state index contributed by atoms with van der Waals surface area (Å²) in [5.41, 5.74) is -2.35. The zero-order chi connectivity index (χ0) is 25.0. The number of fused-ring (bicyclic) bond motifs is 1. The van der Waals surface area contributed by atoms with Crippen LogP contribution in [0.4, 0.5) is 22.0 Å². The summed E-state index contributed by atoms with van der Waals surface area (Å²) >= 11 is 0. The van der Waals surface area contributed by atoms with E-state index in [0.29, 0.717) is 5.69 Å². The van der Waals surface area contributed by atoms with Gasteiger partial charge in [-0.1, -0.05) is 19.6 Å². The maximum atomic E-state index is 14.5. The zero-order valence-corrected chi connectivity index (χ0v) is 18.5. The van der Waals surface area contributed by atoms with Crippen molar-refractivity contribution in [2.24, 2.45) is 5.92 Å². The third-order valence-electron chi connectivity index (χ3n) is 6.58. The highest BCUT2D eigenvalue weighted by atomic mass is 19.4. The second-order valence-corrected chi connectivity index (χ2v) is 8.39. The zero-order valence-electron chi connectivity index (χ0n) is 18.5. The number of aromatic amines is 1. The molecule has 0 bridgehead atoms. The Hall–Kier alpha value is -3.27. The van der Waals surface area contributed by atoms with E-state index < -0.39 is 52.5 Å². The van der Waals surface area contributed by atoms with Crippen LogP contribution in [0.25, 0.3) is 17.0 Å². The molecular formula is C24H21F5N2O3. The molecule has 4 rings (SSSR count). The predicted octanol–water partition coefficient (Wildman–Crippen LogP) is 5.67. The molecular weight excluding hydrogens is 459 g/mol. The van der Waals surface area contributed by atoms with Crippen molar-refractivity contribution in [2.75, 3.05) is 7.11 Å². The van der Waals surface area contributed by atoms with E-state index in [4.69, 9.17) is 9.47 Å². The molecule has 1 saturated heterocycles. The van der Waals surface area contributed by atoms with Crippen molar-refractivity contribution >= 4 is 17.0 Å². The van der Waals surface area contributed by atoms with Gasteiger partial charge in [0, 0.05) is 34.5 Å². The predicted molar refractivity (Wildman–Crippen MR) is 116 cm³/mol. The highest BCUT2D eigenvalue weighted by Gasteiger charge is 2.65. The molecule has 0 radical (unpaired) electrons. The van der Waals surface area contributed by atoms with Crippen LogP contribution in [0.15, 0.2) is 41.8 Å². The number of alkyl halides is 3. The average molecular weight is 480 g/mol. The van der Waals surface area contributed by atoms with Crippen LogP contribution in [0, 0.1) is 17.6 Å². The fraction of sp³-hybridized carbons (Fsp3) is 0.333. The van der Waals surface area contributed by atoms with Crippen molar-refractivity contribution in [1.82, 2.24) is 9.97 Å². The molecule has 0 aliphatic carbocycles. The minimum atomic E-state index is -4.79. The van der Waals surface area contributed by atoms with Crippen molar-refractivity contribution in [3.05, 3.63) is 75.9 Å². The number of H-pyrrole nitrogens is 1. The van der Waals surface area contributed by atoms with Gasteiger partial charge in [0.2, 0.25) is 5.82 Å². The van der Waals surface area contributed by atoms with Crippen LogP contribution in [-0.4, -0.2) is 28.9 Å². The first-order valence-electron chi connectivity index (χ1n) is 10.3. The van der Waals surface area contributed by atoms with Crippen LogP contribution in [-0.2, 0) is 4.74 Å². The highest BCUT2D eigenvalue weighted by Crippen LogP contribution is 2.59. The second-order valence-electron chi connectivity index (χ2n) is 8.39. The number of rotatable bonds is 4. The van der Waals surface area contributed by atoms with Crippen LogP contribution in [0.3, 0.4) is 0 Å². The van der Waals surface area contributed by atoms with Crippen LogP contribution in [0.1, 0.15) is 42.8 Å². The number of ether oxygens (including phenoxy) is 2. The van der Waals surface area contributed by atoms with Gasteiger partial charge in [0.15, 0.2) is 22.6 Å². The summed E-state index contributed by atoms with van der Waals surface area (Å²) in [5.74, 6) is -5.43. The minimum absolute atomic E-state index is 0.00653. The van der Waals surface area contributed by atoms with E-state index in [1.165, 1.54) is 31.3 Å². The van der Waals surface area contributed by atoms with E-state index in [9.17, 15) is 26.7 Å². The van der Waals surface area contributed by atoms with Gasteiger partial charge in [-0.15, -0.1) is 0 Å². The second kappa shape index (κ2) is 8.19. The number of hydrogen-bond donors (Lipinski definition) is 1. The Morgan fingerprint density at radius 3 is 2.59 bits per heavy atom. The Morgan fingerprint density at radius 1 is 1.26 bits per heavy atom. The molecule has 0 saturated carbocycles. The maximum Gasteiger partial charge on any atom is 0.417 e. The lowest BCUT2D eigenvalue weighted by Crippen LogP contribution is -2.46. The lowest BCUT2D eigenvalue weighted by Gasteiger charge is -2.32. The summed E-state index contributed by atoms with van der Waals surface area (Å²) in [6, 6.07) is 4.64. The number of aromatic nitrogens is 2. The van der Waals surface area contributed by atoms with Crippen molar-refractivity contribution in [2.45, 2.75) is 37.6 Å². The highest BCUT2D eigenvalue weighted by molar-refractivity contribution is 5.79. The molecule has 1 aromatic carbocycles. The molecule has 0 amide bonds. The van der Waals surface area contributed by atoms with E-state index in [0.717, 1.165) is 26.2 Å². The Labute approximate surface area is 191 Å². The van der Waals surface area contributed by atoms with Gasteiger partial charge in [-0.05, 0) is 25.1 Å². The maximum absolute atomic E-state index is 14.5. The first-order valence-corrected chi connectivity index (χ1v) is 10.3. The average Bonchev–Trinajstić information content (AvgIpc) is 3.07. The number of pyridine rings is 2. The van der Waals surface area contributed by atoms with E-state index >= 15 is 0 Å². The van der Waals surface area contributed by atoms with E-state index in [-0.39, 0.29) is 22.2 Å². The Balaban J connectivity index is 1.95. The third kappa shape index (κ3) is 3.56. The topological polar surface area (TPSA) is 64.2 Å². The lowest BCUT2D eigenvalue weighted by molar-refractivity contribution is -0.275. The summed E-state index contributed by atoms with van der Waals surface area (Å²) < 4.78 is 81.4. The molecule has 0 unspecified atom stereocenters. The number of benzene rings is 1. The number of hydrogen-bond acceptors (Lipinski definition) is 4. The molecule has 2 aromatic heterocycles. The van der Waals surface area contributed by atoms with Gasteiger partial charge in [0.25, 0.3) is 0 Å². The number of nitrogens with zero attached hydrogens (tertiary/aromatic N) is 1. The van der Waals surface area contributed by atoms with Crippen LogP contribution in [0.2, 0.25) is 0 Å². The van der Waals surface area contributed by atoms with Crippen molar-refractivity contribution in [1.29, 1.82) is 0 Å². The first kappa shape index (κ1) is 23.9. The molecule has 1 aliphatic rings. The number of methoxy groups -OCH3 is 1. The van der Waals surface area contributed by atoms with Crippen LogP contribution < -0.4 is 10.2 Å². The minimum Gasteiger partial charge on any atom is -0.493 e. The monoisotopic (exact) mass is 480 g/mol. The van der Waals surface area contributed by atoms with Gasteiger partial charge < -0.3 is 14.5 Å². The molecule has 5 nitrogen and oxygen atoms in total. The molecule has 4 atom stereocenters. The van der Waals surface area contributed by atoms with Crippen LogP contribution >= 0.6 is 0 Å². The smallest absolute Gasteiger partial charge is 0.417 e. The Kier molecular flexibility index (Phi) is 5.75. The molecule has 10 heteroatoms. The van der Waals surface area contributed by atoms with Gasteiger partial charge in [-0.3, -0.25) is 9.78 Å². The molecule has 3 heterocycles. The molecule has 180 valence electrons. The SMILES string of the molecule is C=Cc1cc2c(=O)cc([C@@H]3O[C@@](C)(C(F)(F)F)[C@@H](C)[C@H]3c3ccc(F)c(F)c3OC)[nH]c2cn1. The summed E-state index contributed by atoms with van der Waals surface area (Å²) in [4.78, 5) is 19.9. The van der Waals surface area contributed by atoms with Crippen LogP contribution in [0.5, 0.6) is 5.75 Å². The third-order valence-corrected chi connectivity index (χ3v) is 6.58. The largest absolute Gasteiger partial charge is 0.493 e. The summed E-state index contributed by atoms with van der Waals surface area (Å²) in [7, 11) is 1.10. The number of nitrogens with one attached hydrogen (secondary N) is 1. The molecule has 34 heavy (non-hydrogen) atoms. The van der Waals surface area contributed by atoms with E-state index in [2.05, 4.69) is 16.5 Å². The molecule has 3 aromatic rings. The van der Waals surface area contributed by atoms with Gasteiger partial charge in [-0.2, -0.15) is 17.6 Å². The fourth-order valence-electron chi connectivity index (χ4n) is 4.53. The lowest BCUT2D eigenvalue weighted by atomic mass is 9.76. The van der Waals surface area contributed by atoms with Crippen molar-refractivity contribution < 1.29 is 31.4 Å². The molecule has 1 N–H and O–H groups in total. The quantitative estimate of drug-likeness (QED) is 0.489. The normalized spacial score (nSPS) is 25.0. The van der Waals surface area contributed by atoms with Crippen molar-refractivity contribution in [3.8, 4) is 5.75 Å². The van der Waals surface area contributed by atoms with Gasteiger partial charge >= 0.3 is 6.18 Å². The van der Waals surface area contributed by atoms with E-state index in [1.807, 2.05) is 0 Å². The Morgan fingerprint density at radius 2 is 1.97 bits per heavy atom. The van der Waals surface area contributed by atoms with E-state index in [1.54, 1.807) is 0 Å². The first-order chi connectivity index (χ1) is 15.9. The summed E-state index contributed by atoms with van der Waals surface area (Å²) in [5, 5.41) is 0.264. The Bertz CT molecular complexity index is 1340. The molecule has 1 fully saturated rings. The summed E-state index contributed by atoms with van der Waals surface area (Å²) in [6.45, 7) is 5.81. The molecule has 0 spiro atoms. The molecule has 1 aliphatic heterocycles.